The number of anilines is 3. The predicted octanol–water partition coefficient (Wildman–Crippen LogP) is 4.02. The molecule has 3 aromatic rings. The molecule has 0 fully saturated rings. The van der Waals surface area contributed by atoms with E-state index >= 15 is 0 Å². The molecule has 9 nitrogen and oxygen atoms in total. The minimum atomic E-state index is -3.69. The van der Waals surface area contributed by atoms with Crippen LogP contribution >= 0.6 is 0 Å². The van der Waals surface area contributed by atoms with E-state index in [0.717, 1.165) is 0 Å². The number of hydrogen-bond acceptors (Lipinski definition) is 6. The summed E-state index contributed by atoms with van der Waals surface area (Å²) in [6.45, 7) is 4.17. The molecule has 34 heavy (non-hydrogen) atoms. The van der Waals surface area contributed by atoms with Crippen LogP contribution in [0.1, 0.15) is 34.6 Å². The van der Waals surface area contributed by atoms with Gasteiger partial charge in [-0.15, -0.1) is 0 Å². The van der Waals surface area contributed by atoms with E-state index in [1.165, 1.54) is 28.6 Å². The van der Waals surface area contributed by atoms with E-state index in [-0.39, 0.29) is 16.4 Å². The highest BCUT2D eigenvalue weighted by Crippen LogP contribution is 2.20. The molecule has 0 atom stereocenters. The van der Waals surface area contributed by atoms with Crippen molar-refractivity contribution in [2.75, 3.05) is 29.2 Å². The minimum Gasteiger partial charge on any atom is -0.322 e. The maximum Gasteiger partial charge on any atom is 0.255 e. The number of sulfonamides is 1. The van der Waals surface area contributed by atoms with Gasteiger partial charge in [0.05, 0.1) is 10.6 Å². The van der Waals surface area contributed by atoms with Crippen LogP contribution in [0.5, 0.6) is 0 Å². The number of nitrogens with one attached hydrogen (secondary N) is 3. The quantitative estimate of drug-likeness (QED) is 0.341. The van der Waals surface area contributed by atoms with Gasteiger partial charge in [0.25, 0.3) is 11.8 Å². The van der Waals surface area contributed by atoms with Gasteiger partial charge in [0.1, 0.15) is 0 Å². The molecule has 0 bridgehead atoms. The van der Waals surface area contributed by atoms with Crippen molar-refractivity contribution in [2.45, 2.75) is 18.7 Å². The molecule has 10 heteroatoms. The summed E-state index contributed by atoms with van der Waals surface area (Å²) >= 11 is 0. The van der Waals surface area contributed by atoms with E-state index in [0.29, 0.717) is 35.7 Å². The summed E-state index contributed by atoms with van der Waals surface area (Å²) < 4.78 is 26.9. The lowest BCUT2D eigenvalue weighted by Crippen LogP contribution is -2.30. The molecule has 0 spiro atoms. The lowest BCUT2D eigenvalue weighted by molar-refractivity contribution is 0.101. The molecule has 0 aliphatic rings. The highest BCUT2D eigenvalue weighted by Gasteiger charge is 2.22. The van der Waals surface area contributed by atoms with Gasteiger partial charge in [-0.05, 0) is 60.7 Å². The number of hydrogen-bond donors (Lipinski definition) is 4. The van der Waals surface area contributed by atoms with Crippen LogP contribution in [-0.4, -0.2) is 42.8 Å². The summed E-state index contributed by atoms with van der Waals surface area (Å²) in [5, 5.41) is 14.3. The van der Waals surface area contributed by atoms with Crippen molar-refractivity contribution < 1.29 is 23.2 Å². The Hall–Kier alpha value is -3.73. The third kappa shape index (κ3) is 5.79. The second-order valence-electron chi connectivity index (χ2n) is 7.30. The van der Waals surface area contributed by atoms with Crippen LogP contribution in [-0.2, 0) is 10.0 Å². The molecule has 0 aromatic heterocycles. The van der Waals surface area contributed by atoms with Gasteiger partial charge in [-0.1, -0.05) is 26.0 Å². The first kappa shape index (κ1) is 24.9. The van der Waals surface area contributed by atoms with Crippen molar-refractivity contribution in [3.8, 4) is 0 Å². The highest BCUT2D eigenvalue weighted by atomic mass is 32.2. The number of carbonyl (C=O) groups is 2. The standard InChI is InChI=1S/C24H26N4O5S/c1-3-28(4-2)34(32,33)22-10-5-7-18(15-22)24(30)26-21-9-6-8-20(16-21)25-23(29)17-11-13-19(27-31)14-12-17/h5-16,27,31H,3-4H2,1-2H3,(H,25,29)(H,26,30). The molecule has 0 aliphatic carbocycles. The van der Waals surface area contributed by atoms with Gasteiger partial charge >= 0.3 is 0 Å². The molecular weight excluding hydrogens is 456 g/mol. The molecule has 0 saturated carbocycles. The molecule has 0 unspecified atom stereocenters. The fourth-order valence-corrected chi connectivity index (χ4v) is 4.79. The Morgan fingerprint density at radius 3 is 1.88 bits per heavy atom. The van der Waals surface area contributed by atoms with E-state index in [2.05, 4.69) is 10.6 Å². The Balaban J connectivity index is 1.73. The SMILES string of the molecule is CCN(CC)S(=O)(=O)c1cccc(C(=O)Nc2cccc(NC(=O)c3ccc(NO)cc3)c2)c1. The average molecular weight is 483 g/mol. The minimum absolute atomic E-state index is 0.0484. The number of carbonyl (C=O) groups excluding carboxylic acids is 2. The third-order valence-corrected chi connectivity index (χ3v) is 7.14. The Labute approximate surface area is 198 Å². The van der Waals surface area contributed by atoms with Gasteiger partial charge in [0, 0.05) is 35.6 Å². The zero-order valence-electron chi connectivity index (χ0n) is 18.8. The Kier molecular flexibility index (Phi) is 8.00. The lowest BCUT2D eigenvalue weighted by atomic mass is 10.2. The summed E-state index contributed by atoms with van der Waals surface area (Å²) in [6.07, 6.45) is 0. The first-order valence-electron chi connectivity index (χ1n) is 10.6. The molecule has 178 valence electrons. The van der Waals surface area contributed by atoms with E-state index < -0.39 is 15.9 Å². The summed E-state index contributed by atoms with van der Waals surface area (Å²) in [6, 6.07) is 18.7. The van der Waals surface area contributed by atoms with Crippen molar-refractivity contribution in [1.82, 2.24) is 4.31 Å². The van der Waals surface area contributed by atoms with Crippen LogP contribution in [0.2, 0.25) is 0 Å². The predicted molar refractivity (Wildman–Crippen MR) is 131 cm³/mol. The van der Waals surface area contributed by atoms with Crippen LogP contribution in [0, 0.1) is 0 Å². The Bertz CT molecular complexity index is 1270. The zero-order valence-corrected chi connectivity index (χ0v) is 19.6. The van der Waals surface area contributed by atoms with Gasteiger partial charge in [-0.2, -0.15) is 4.31 Å². The van der Waals surface area contributed by atoms with Gasteiger partial charge in [-0.25, -0.2) is 8.42 Å². The Morgan fingerprint density at radius 2 is 1.32 bits per heavy atom. The van der Waals surface area contributed by atoms with E-state index in [9.17, 15) is 18.0 Å². The maximum absolute atomic E-state index is 12.8. The monoisotopic (exact) mass is 482 g/mol. The smallest absolute Gasteiger partial charge is 0.255 e. The molecule has 0 saturated heterocycles. The highest BCUT2D eigenvalue weighted by molar-refractivity contribution is 7.89. The average Bonchev–Trinajstić information content (AvgIpc) is 2.85. The first-order chi connectivity index (χ1) is 16.3. The van der Waals surface area contributed by atoms with Crippen molar-refractivity contribution in [1.29, 1.82) is 0 Å². The van der Waals surface area contributed by atoms with Gasteiger partial charge in [0.15, 0.2) is 0 Å². The van der Waals surface area contributed by atoms with E-state index in [1.54, 1.807) is 62.4 Å². The van der Waals surface area contributed by atoms with E-state index in [1.807, 2.05) is 5.48 Å². The number of amides is 2. The fraction of sp³-hybridized carbons (Fsp3) is 0.167. The summed E-state index contributed by atoms with van der Waals surface area (Å²) in [5.74, 6) is -0.838. The summed E-state index contributed by atoms with van der Waals surface area (Å²) in [4.78, 5) is 25.3. The van der Waals surface area contributed by atoms with Gasteiger partial charge in [0.2, 0.25) is 10.0 Å². The molecule has 3 aromatic carbocycles. The van der Waals surface area contributed by atoms with E-state index in [4.69, 9.17) is 5.21 Å². The van der Waals surface area contributed by atoms with Gasteiger partial charge < -0.3 is 10.6 Å². The van der Waals surface area contributed by atoms with Crippen LogP contribution in [0.4, 0.5) is 17.1 Å². The number of rotatable bonds is 9. The molecule has 0 aliphatic heterocycles. The third-order valence-electron chi connectivity index (χ3n) is 5.09. The summed E-state index contributed by atoms with van der Waals surface area (Å²) in [7, 11) is -3.69. The topological polar surface area (TPSA) is 128 Å². The fourth-order valence-electron chi connectivity index (χ4n) is 3.29. The second kappa shape index (κ2) is 10.9. The molecule has 4 N–H and O–H groups in total. The number of benzene rings is 3. The lowest BCUT2D eigenvalue weighted by Gasteiger charge is -2.18. The van der Waals surface area contributed by atoms with Crippen molar-refractivity contribution in [3.63, 3.8) is 0 Å². The van der Waals surface area contributed by atoms with Crippen LogP contribution in [0.25, 0.3) is 0 Å². The van der Waals surface area contributed by atoms with Crippen LogP contribution < -0.4 is 16.1 Å². The summed E-state index contributed by atoms with van der Waals surface area (Å²) in [5.41, 5.74) is 3.93. The molecule has 0 heterocycles. The van der Waals surface area contributed by atoms with Gasteiger partial charge in [-0.3, -0.25) is 20.3 Å². The van der Waals surface area contributed by atoms with Crippen LogP contribution in [0.15, 0.2) is 77.7 Å². The molecule has 3 rings (SSSR count). The van der Waals surface area contributed by atoms with Crippen molar-refractivity contribution in [2.24, 2.45) is 0 Å². The number of nitrogens with zero attached hydrogens (tertiary/aromatic N) is 1. The molecule has 0 radical (unpaired) electrons. The van der Waals surface area contributed by atoms with Crippen LogP contribution in [0.3, 0.4) is 0 Å². The molecule has 2 amide bonds. The normalized spacial score (nSPS) is 11.2. The second-order valence-corrected chi connectivity index (χ2v) is 9.23. The molecular formula is C24H26N4O5S. The zero-order chi connectivity index (χ0) is 24.7. The Morgan fingerprint density at radius 1 is 0.765 bits per heavy atom. The first-order valence-corrected chi connectivity index (χ1v) is 12.1. The van der Waals surface area contributed by atoms with Crippen molar-refractivity contribution >= 4 is 38.9 Å². The largest absolute Gasteiger partial charge is 0.322 e. The maximum atomic E-state index is 12.8. The van der Waals surface area contributed by atoms with Crippen molar-refractivity contribution in [3.05, 3.63) is 83.9 Å².